The number of ether oxygens (including phenoxy) is 1. The third-order valence-corrected chi connectivity index (χ3v) is 1.97. The van der Waals surface area contributed by atoms with Gasteiger partial charge in [0.1, 0.15) is 5.56 Å². The monoisotopic (exact) mass is 273 g/mol. The highest BCUT2D eigenvalue weighted by molar-refractivity contribution is 5.93. The predicted molar refractivity (Wildman–Crippen MR) is 45.5 cm³/mol. The maximum Gasteiger partial charge on any atom is 0.421 e. The van der Waals surface area contributed by atoms with Crippen LogP contribution in [0.4, 0.5) is 26.3 Å². The Kier molecular flexibility index (Phi) is 3.82. The SMILES string of the molecule is COC(=O)c1c(C(F)F)cnc(F)c1C(F)(F)F. The van der Waals surface area contributed by atoms with Gasteiger partial charge in [-0.2, -0.15) is 17.6 Å². The Morgan fingerprint density at radius 2 is 1.94 bits per heavy atom. The number of esters is 1. The number of nitrogens with zero attached hydrogens (tertiary/aromatic N) is 1. The Labute approximate surface area is 96.4 Å². The van der Waals surface area contributed by atoms with Gasteiger partial charge < -0.3 is 4.74 Å². The molecule has 0 N–H and O–H groups in total. The zero-order valence-electron chi connectivity index (χ0n) is 8.69. The smallest absolute Gasteiger partial charge is 0.421 e. The van der Waals surface area contributed by atoms with E-state index in [-0.39, 0.29) is 6.20 Å². The average molecular weight is 273 g/mol. The van der Waals surface area contributed by atoms with Gasteiger partial charge in [0.15, 0.2) is 0 Å². The van der Waals surface area contributed by atoms with E-state index in [0.717, 1.165) is 0 Å². The minimum Gasteiger partial charge on any atom is -0.465 e. The molecular formula is C9H5F6NO2. The van der Waals surface area contributed by atoms with Crippen LogP contribution in [0.15, 0.2) is 6.20 Å². The Balaban J connectivity index is 3.67. The molecule has 1 aromatic rings. The second-order valence-corrected chi connectivity index (χ2v) is 3.04. The third-order valence-electron chi connectivity index (χ3n) is 1.97. The van der Waals surface area contributed by atoms with Crippen molar-refractivity contribution in [2.75, 3.05) is 7.11 Å². The maximum atomic E-state index is 13.0. The van der Waals surface area contributed by atoms with Crippen LogP contribution in [-0.4, -0.2) is 18.1 Å². The van der Waals surface area contributed by atoms with E-state index in [0.29, 0.717) is 7.11 Å². The van der Waals surface area contributed by atoms with Crippen LogP contribution in [0.1, 0.15) is 27.9 Å². The van der Waals surface area contributed by atoms with E-state index in [1.165, 1.54) is 0 Å². The molecule has 0 aromatic carbocycles. The molecule has 1 aromatic heterocycles. The summed E-state index contributed by atoms with van der Waals surface area (Å²) in [6.07, 6.45) is -8.60. The first-order valence-corrected chi connectivity index (χ1v) is 4.32. The summed E-state index contributed by atoms with van der Waals surface area (Å²) in [5, 5.41) is 0. The molecule has 0 aliphatic carbocycles. The van der Waals surface area contributed by atoms with Crippen LogP contribution >= 0.6 is 0 Å². The highest BCUT2D eigenvalue weighted by Gasteiger charge is 2.42. The zero-order chi connectivity index (χ0) is 14.1. The molecule has 0 bridgehead atoms. The number of hydrogen-bond donors (Lipinski definition) is 0. The molecule has 18 heavy (non-hydrogen) atoms. The van der Waals surface area contributed by atoms with E-state index >= 15 is 0 Å². The summed E-state index contributed by atoms with van der Waals surface area (Å²) >= 11 is 0. The van der Waals surface area contributed by atoms with Crippen molar-refractivity contribution >= 4 is 5.97 Å². The lowest BCUT2D eigenvalue weighted by Gasteiger charge is -2.14. The molecule has 0 saturated carbocycles. The fraction of sp³-hybridized carbons (Fsp3) is 0.333. The minimum atomic E-state index is -5.34. The van der Waals surface area contributed by atoms with Crippen LogP contribution in [0.3, 0.4) is 0 Å². The van der Waals surface area contributed by atoms with Crippen LogP contribution in [0, 0.1) is 5.95 Å². The molecule has 0 unspecified atom stereocenters. The molecule has 100 valence electrons. The molecule has 0 saturated heterocycles. The topological polar surface area (TPSA) is 39.2 Å². The first-order chi connectivity index (χ1) is 8.20. The molecule has 0 atom stereocenters. The summed E-state index contributed by atoms with van der Waals surface area (Å²) in [7, 11) is 0.691. The van der Waals surface area contributed by atoms with Crippen molar-refractivity contribution in [3.05, 3.63) is 28.8 Å². The third kappa shape index (κ3) is 2.54. The fourth-order valence-corrected chi connectivity index (χ4v) is 1.25. The van der Waals surface area contributed by atoms with E-state index < -0.39 is 41.2 Å². The van der Waals surface area contributed by atoms with E-state index in [1.807, 2.05) is 0 Å². The molecule has 0 fully saturated rings. The summed E-state index contributed by atoms with van der Waals surface area (Å²) in [4.78, 5) is 13.7. The Morgan fingerprint density at radius 3 is 2.33 bits per heavy atom. The van der Waals surface area contributed by atoms with Gasteiger partial charge in [-0.05, 0) is 0 Å². The number of halogens is 6. The first-order valence-electron chi connectivity index (χ1n) is 4.32. The lowest BCUT2D eigenvalue weighted by atomic mass is 10.0. The lowest BCUT2D eigenvalue weighted by Crippen LogP contribution is -2.20. The number of methoxy groups -OCH3 is 1. The van der Waals surface area contributed by atoms with E-state index in [4.69, 9.17) is 0 Å². The van der Waals surface area contributed by atoms with Gasteiger partial charge in [0.2, 0.25) is 5.95 Å². The molecule has 3 nitrogen and oxygen atoms in total. The number of carbonyl (C=O) groups excluding carboxylic acids is 1. The van der Waals surface area contributed by atoms with Gasteiger partial charge in [0, 0.05) is 6.20 Å². The van der Waals surface area contributed by atoms with E-state index in [9.17, 15) is 31.1 Å². The van der Waals surface area contributed by atoms with Crippen LogP contribution in [-0.2, 0) is 10.9 Å². The number of aromatic nitrogens is 1. The number of pyridine rings is 1. The van der Waals surface area contributed by atoms with E-state index in [1.54, 1.807) is 0 Å². The van der Waals surface area contributed by atoms with Crippen molar-refractivity contribution < 1.29 is 35.9 Å². The zero-order valence-corrected chi connectivity index (χ0v) is 8.69. The fourth-order valence-electron chi connectivity index (χ4n) is 1.25. The van der Waals surface area contributed by atoms with Crippen LogP contribution in [0.5, 0.6) is 0 Å². The summed E-state index contributed by atoms with van der Waals surface area (Å²) in [6.45, 7) is 0. The minimum absolute atomic E-state index is 0.168. The normalized spacial score (nSPS) is 11.8. The Hall–Kier alpha value is -1.80. The second-order valence-electron chi connectivity index (χ2n) is 3.04. The summed E-state index contributed by atoms with van der Waals surface area (Å²) in [5.74, 6) is -3.77. The van der Waals surface area contributed by atoms with Crippen molar-refractivity contribution in [1.82, 2.24) is 4.98 Å². The second kappa shape index (κ2) is 4.83. The number of hydrogen-bond acceptors (Lipinski definition) is 3. The largest absolute Gasteiger partial charge is 0.465 e. The summed E-state index contributed by atoms with van der Waals surface area (Å²) in [6, 6.07) is 0. The number of carbonyl (C=O) groups is 1. The van der Waals surface area contributed by atoms with Gasteiger partial charge in [-0.15, -0.1) is 0 Å². The average Bonchev–Trinajstić information content (AvgIpc) is 2.25. The lowest BCUT2D eigenvalue weighted by molar-refractivity contribution is -0.141. The van der Waals surface area contributed by atoms with Crippen molar-refractivity contribution in [1.29, 1.82) is 0 Å². The molecule has 0 radical (unpaired) electrons. The highest BCUT2D eigenvalue weighted by atomic mass is 19.4. The summed E-state index contributed by atoms with van der Waals surface area (Å²) in [5.41, 5.74) is -5.06. The predicted octanol–water partition coefficient (Wildman–Crippen LogP) is 2.96. The van der Waals surface area contributed by atoms with Crippen LogP contribution in [0.2, 0.25) is 0 Å². The molecule has 9 heteroatoms. The number of alkyl halides is 5. The van der Waals surface area contributed by atoms with Crippen molar-refractivity contribution in [3.8, 4) is 0 Å². The highest BCUT2D eigenvalue weighted by Crippen LogP contribution is 2.37. The quantitative estimate of drug-likeness (QED) is 0.472. The standard InChI is InChI=1S/C9H5F6NO2/c1-18-8(17)4-3(6(10)11)2-16-7(12)5(4)9(13,14)15/h2,6H,1H3. The molecule has 1 heterocycles. The van der Waals surface area contributed by atoms with Crippen molar-refractivity contribution in [2.24, 2.45) is 0 Å². The molecular weight excluding hydrogens is 268 g/mol. The first kappa shape index (κ1) is 14.3. The number of rotatable bonds is 2. The van der Waals surface area contributed by atoms with Gasteiger partial charge >= 0.3 is 12.1 Å². The van der Waals surface area contributed by atoms with Gasteiger partial charge in [-0.3, -0.25) is 0 Å². The van der Waals surface area contributed by atoms with Gasteiger partial charge in [0.25, 0.3) is 6.43 Å². The van der Waals surface area contributed by atoms with Crippen LogP contribution in [0.25, 0.3) is 0 Å². The van der Waals surface area contributed by atoms with Crippen molar-refractivity contribution in [3.63, 3.8) is 0 Å². The maximum absolute atomic E-state index is 13.0. The molecule has 1 rings (SSSR count). The Bertz CT molecular complexity index is 471. The van der Waals surface area contributed by atoms with E-state index in [2.05, 4.69) is 9.72 Å². The van der Waals surface area contributed by atoms with Gasteiger partial charge in [-0.1, -0.05) is 0 Å². The van der Waals surface area contributed by atoms with Crippen LogP contribution < -0.4 is 0 Å². The molecule has 0 aliphatic rings. The Morgan fingerprint density at radius 1 is 1.39 bits per heavy atom. The van der Waals surface area contributed by atoms with Gasteiger partial charge in [0.05, 0.1) is 18.2 Å². The molecule has 0 spiro atoms. The van der Waals surface area contributed by atoms with Gasteiger partial charge in [-0.25, -0.2) is 18.6 Å². The van der Waals surface area contributed by atoms with Crippen molar-refractivity contribution in [2.45, 2.75) is 12.6 Å². The molecule has 0 amide bonds. The summed E-state index contributed by atoms with van der Waals surface area (Å²) < 4.78 is 79.5. The molecule has 0 aliphatic heterocycles.